The zero-order valence-corrected chi connectivity index (χ0v) is 29.3. The summed E-state index contributed by atoms with van der Waals surface area (Å²) < 4.78 is 5.36. The standard InChI is InChI=1S/C30H53N9O11/c1-7-10-18(37-28(47)16(8-2)35-21(41)12-33-39-31)29(48)38-22(14(4)5)30(49)36-17(9-3)27(46)34-15(6)26(45)32-11-19-23(42)25(44)24(43)20(13-40)50-19/h14-20,22-25,40,42-44H,7-13H2,1-6H3,(H,32,45)(H,34,46)(H,35,41)(H,36,49)(H,37,47)(H,38,48)/t15-,16-,17-,18-,19-,20+,22-,23-,24?,25?/m0/s1. The van der Waals surface area contributed by atoms with Gasteiger partial charge in [0.2, 0.25) is 35.4 Å². The summed E-state index contributed by atoms with van der Waals surface area (Å²) in [7, 11) is 0. The highest BCUT2D eigenvalue weighted by molar-refractivity contribution is 5.96. The summed E-state index contributed by atoms with van der Waals surface area (Å²) in [6.07, 6.45) is -6.03. The molecule has 0 aromatic heterocycles. The summed E-state index contributed by atoms with van der Waals surface area (Å²) in [5.74, 6) is -4.50. The lowest BCUT2D eigenvalue weighted by atomic mass is 9.95. The number of carbonyl (C=O) groups is 6. The zero-order valence-electron chi connectivity index (χ0n) is 29.3. The number of carbonyl (C=O) groups excluding carboxylic acids is 6. The molecule has 1 aliphatic heterocycles. The molecule has 6 amide bonds. The van der Waals surface area contributed by atoms with E-state index in [0.29, 0.717) is 6.42 Å². The minimum Gasteiger partial charge on any atom is -0.394 e. The van der Waals surface area contributed by atoms with E-state index in [1.54, 1.807) is 34.6 Å². The number of aliphatic hydroxyl groups is 4. The van der Waals surface area contributed by atoms with Crippen molar-refractivity contribution in [2.24, 2.45) is 11.0 Å². The van der Waals surface area contributed by atoms with Gasteiger partial charge in [0.1, 0.15) is 67.3 Å². The number of rotatable bonds is 20. The SMILES string of the molecule is CCC[C@H](NC(=O)[C@H](CC)NC(=O)CN=[N+]=[N-])C(=O)N[C@H](C(=O)N[C@@H](CC)C(=O)N[C@@H](C)C(=O)NC[C@@H]1O[C@H](CO)C(O)C(O)[C@H]1O)C(C)C. The van der Waals surface area contributed by atoms with Gasteiger partial charge in [-0.1, -0.05) is 46.2 Å². The Morgan fingerprint density at radius 2 is 1.28 bits per heavy atom. The fourth-order valence-corrected chi connectivity index (χ4v) is 5.00. The fourth-order valence-electron chi connectivity index (χ4n) is 5.00. The predicted octanol–water partition coefficient (Wildman–Crippen LogP) is -3.02. The van der Waals surface area contributed by atoms with Crippen molar-refractivity contribution < 1.29 is 53.9 Å². The van der Waals surface area contributed by atoms with Gasteiger partial charge in [0, 0.05) is 11.5 Å². The molecule has 1 saturated heterocycles. The summed E-state index contributed by atoms with van der Waals surface area (Å²) in [6.45, 7) is 8.34. The van der Waals surface area contributed by atoms with Crippen LogP contribution in [0.25, 0.3) is 10.4 Å². The van der Waals surface area contributed by atoms with Crippen molar-refractivity contribution in [2.75, 3.05) is 19.7 Å². The molecule has 1 fully saturated rings. The highest BCUT2D eigenvalue weighted by atomic mass is 16.5. The molecule has 284 valence electrons. The van der Waals surface area contributed by atoms with Gasteiger partial charge < -0.3 is 57.1 Å². The van der Waals surface area contributed by atoms with E-state index in [1.165, 1.54) is 6.92 Å². The van der Waals surface area contributed by atoms with Crippen LogP contribution in [-0.2, 0) is 33.5 Å². The fraction of sp³-hybridized carbons (Fsp3) is 0.800. The second kappa shape index (κ2) is 21.9. The molecule has 2 unspecified atom stereocenters. The number of hydrogen-bond acceptors (Lipinski definition) is 12. The number of amides is 6. The maximum absolute atomic E-state index is 13.3. The number of nitrogens with zero attached hydrogens (tertiary/aromatic N) is 3. The highest BCUT2D eigenvalue weighted by Gasteiger charge is 2.43. The van der Waals surface area contributed by atoms with Crippen LogP contribution in [0.1, 0.15) is 67.2 Å². The van der Waals surface area contributed by atoms with E-state index in [0.717, 1.165) is 0 Å². The first kappa shape index (κ1) is 44.0. The molecule has 20 heteroatoms. The van der Waals surface area contributed by atoms with Gasteiger partial charge in [-0.15, -0.1) is 0 Å². The lowest BCUT2D eigenvalue weighted by Crippen LogP contribution is -2.61. The summed E-state index contributed by atoms with van der Waals surface area (Å²) in [4.78, 5) is 79.7. The largest absolute Gasteiger partial charge is 0.394 e. The molecule has 1 aliphatic rings. The summed E-state index contributed by atoms with van der Waals surface area (Å²) in [5.41, 5.74) is 8.40. The predicted molar refractivity (Wildman–Crippen MR) is 176 cm³/mol. The van der Waals surface area contributed by atoms with Crippen molar-refractivity contribution in [3.63, 3.8) is 0 Å². The number of aliphatic hydroxyl groups excluding tert-OH is 4. The second-order valence-corrected chi connectivity index (χ2v) is 12.3. The third kappa shape index (κ3) is 13.3. The maximum atomic E-state index is 13.3. The number of hydrogen-bond donors (Lipinski definition) is 10. The minimum atomic E-state index is -1.62. The molecule has 20 nitrogen and oxygen atoms in total. The lowest BCUT2D eigenvalue weighted by Gasteiger charge is -2.40. The van der Waals surface area contributed by atoms with Gasteiger partial charge in [0.05, 0.1) is 6.61 Å². The van der Waals surface area contributed by atoms with Gasteiger partial charge in [-0.25, -0.2) is 0 Å². The van der Waals surface area contributed by atoms with Crippen LogP contribution in [0.2, 0.25) is 0 Å². The Hall–Kier alpha value is -4.07. The van der Waals surface area contributed by atoms with Crippen LogP contribution in [-0.4, -0.2) is 136 Å². The molecule has 10 atom stereocenters. The van der Waals surface area contributed by atoms with E-state index in [2.05, 4.69) is 41.9 Å². The molecule has 0 aliphatic carbocycles. The van der Waals surface area contributed by atoms with Crippen molar-refractivity contribution in [3.8, 4) is 0 Å². The molecule has 1 rings (SSSR count). The lowest BCUT2D eigenvalue weighted by molar-refractivity contribution is -0.227. The summed E-state index contributed by atoms with van der Waals surface area (Å²) in [6, 6.07) is -5.41. The third-order valence-corrected chi connectivity index (χ3v) is 8.06. The Kier molecular flexibility index (Phi) is 19.2. The van der Waals surface area contributed by atoms with Crippen LogP contribution >= 0.6 is 0 Å². The van der Waals surface area contributed by atoms with Crippen molar-refractivity contribution >= 4 is 35.4 Å². The zero-order chi connectivity index (χ0) is 38.1. The van der Waals surface area contributed by atoms with Gasteiger partial charge in [-0.05, 0) is 37.6 Å². The molecule has 0 aromatic carbocycles. The van der Waals surface area contributed by atoms with Crippen LogP contribution in [0.15, 0.2) is 5.11 Å². The summed E-state index contributed by atoms with van der Waals surface area (Å²) >= 11 is 0. The normalized spacial score (nSPS) is 23.1. The Balaban J connectivity index is 2.85. The first-order valence-electron chi connectivity index (χ1n) is 16.7. The number of nitrogens with one attached hydrogen (secondary N) is 6. The van der Waals surface area contributed by atoms with E-state index >= 15 is 0 Å². The van der Waals surface area contributed by atoms with E-state index < -0.39 is 115 Å². The summed E-state index contributed by atoms with van der Waals surface area (Å²) in [5, 5.41) is 57.8. The van der Waals surface area contributed by atoms with Gasteiger partial charge in [-0.3, -0.25) is 28.8 Å². The van der Waals surface area contributed by atoms with Crippen molar-refractivity contribution in [1.29, 1.82) is 0 Å². The quantitative estimate of drug-likeness (QED) is 0.0343. The van der Waals surface area contributed by atoms with E-state index in [-0.39, 0.29) is 25.8 Å². The Morgan fingerprint density at radius 3 is 1.82 bits per heavy atom. The number of azide groups is 1. The van der Waals surface area contributed by atoms with Gasteiger partial charge in [-0.2, -0.15) is 0 Å². The molecule has 0 aromatic rings. The molecular formula is C30H53N9O11. The third-order valence-electron chi connectivity index (χ3n) is 8.06. The van der Waals surface area contributed by atoms with Gasteiger partial charge in [0.25, 0.3) is 0 Å². The molecule has 10 N–H and O–H groups in total. The minimum absolute atomic E-state index is 0.119. The average Bonchev–Trinajstić information content (AvgIpc) is 3.08. The molecule has 0 saturated carbocycles. The molecule has 50 heavy (non-hydrogen) atoms. The Bertz CT molecular complexity index is 1210. The second-order valence-electron chi connectivity index (χ2n) is 12.3. The van der Waals surface area contributed by atoms with E-state index in [1.807, 2.05) is 0 Å². The molecule has 0 bridgehead atoms. The van der Waals surface area contributed by atoms with Crippen molar-refractivity contribution in [1.82, 2.24) is 31.9 Å². The molecule has 1 heterocycles. The van der Waals surface area contributed by atoms with Crippen molar-refractivity contribution in [3.05, 3.63) is 10.4 Å². The average molecular weight is 716 g/mol. The van der Waals surface area contributed by atoms with Gasteiger partial charge >= 0.3 is 0 Å². The Morgan fingerprint density at radius 1 is 0.740 bits per heavy atom. The smallest absolute Gasteiger partial charge is 0.243 e. The molecule has 0 spiro atoms. The monoisotopic (exact) mass is 715 g/mol. The molecular weight excluding hydrogens is 662 g/mol. The number of ether oxygens (including phenoxy) is 1. The highest BCUT2D eigenvalue weighted by Crippen LogP contribution is 2.20. The van der Waals surface area contributed by atoms with Crippen LogP contribution in [0.4, 0.5) is 0 Å². The van der Waals surface area contributed by atoms with E-state index in [4.69, 9.17) is 10.3 Å². The van der Waals surface area contributed by atoms with E-state index in [9.17, 15) is 49.2 Å². The maximum Gasteiger partial charge on any atom is 0.243 e. The van der Waals surface area contributed by atoms with Crippen molar-refractivity contribution in [2.45, 2.75) is 128 Å². The van der Waals surface area contributed by atoms with Gasteiger partial charge in [0.15, 0.2) is 0 Å². The Labute approximate surface area is 290 Å². The molecule has 0 radical (unpaired) electrons. The first-order chi connectivity index (χ1) is 23.6. The topological polar surface area (TPSA) is 314 Å². The van der Waals surface area contributed by atoms with Crippen LogP contribution in [0.3, 0.4) is 0 Å². The van der Waals surface area contributed by atoms with Crippen LogP contribution in [0, 0.1) is 5.92 Å². The van der Waals surface area contributed by atoms with Crippen LogP contribution in [0.5, 0.6) is 0 Å². The first-order valence-corrected chi connectivity index (χ1v) is 16.7. The van der Waals surface area contributed by atoms with Crippen LogP contribution < -0.4 is 31.9 Å².